The van der Waals surface area contributed by atoms with Gasteiger partial charge in [-0.25, -0.2) is 4.79 Å². The molecule has 0 fully saturated rings. The number of hydrogen-bond acceptors (Lipinski definition) is 4. The topological polar surface area (TPSA) is 57.5 Å². The number of aryl methyl sites for hydroxylation is 1. The standard InChI is InChI=1S/C13H13NO4/c1-14-7-10(12(15)13(16)18-3)9-5-4-8(17-2)6-11(9)14/h4-7H,1-3H3. The van der Waals surface area contributed by atoms with Crippen LogP contribution in [0.15, 0.2) is 24.4 Å². The Hall–Kier alpha value is -2.30. The van der Waals surface area contributed by atoms with Crippen LogP contribution in [-0.4, -0.2) is 30.5 Å². The second-order valence-electron chi connectivity index (χ2n) is 3.86. The molecule has 0 saturated heterocycles. The first-order valence-electron chi connectivity index (χ1n) is 5.34. The van der Waals surface area contributed by atoms with Crippen LogP contribution in [0.4, 0.5) is 0 Å². The van der Waals surface area contributed by atoms with Gasteiger partial charge in [0.05, 0.1) is 25.3 Å². The third-order valence-corrected chi connectivity index (χ3v) is 2.81. The molecular formula is C13H13NO4. The Bertz CT molecular complexity index is 627. The lowest BCUT2D eigenvalue weighted by atomic mass is 10.1. The van der Waals surface area contributed by atoms with Crippen LogP contribution in [0.25, 0.3) is 10.9 Å². The molecule has 0 bridgehead atoms. The predicted octanol–water partition coefficient (Wildman–Crippen LogP) is 1.54. The molecule has 1 aromatic heterocycles. The minimum absolute atomic E-state index is 0.335. The highest BCUT2D eigenvalue weighted by atomic mass is 16.5. The summed E-state index contributed by atoms with van der Waals surface area (Å²) >= 11 is 0. The van der Waals surface area contributed by atoms with Crippen LogP contribution in [0.3, 0.4) is 0 Å². The van der Waals surface area contributed by atoms with Crippen molar-refractivity contribution in [2.45, 2.75) is 0 Å². The monoisotopic (exact) mass is 247 g/mol. The quantitative estimate of drug-likeness (QED) is 0.469. The molecule has 0 amide bonds. The van der Waals surface area contributed by atoms with Crippen LogP contribution in [-0.2, 0) is 16.6 Å². The number of carbonyl (C=O) groups excluding carboxylic acids is 2. The Morgan fingerprint density at radius 3 is 2.56 bits per heavy atom. The number of aromatic nitrogens is 1. The number of benzene rings is 1. The van der Waals surface area contributed by atoms with Crippen molar-refractivity contribution in [2.75, 3.05) is 14.2 Å². The first-order valence-corrected chi connectivity index (χ1v) is 5.34. The third-order valence-electron chi connectivity index (χ3n) is 2.81. The largest absolute Gasteiger partial charge is 0.497 e. The van der Waals surface area contributed by atoms with E-state index in [2.05, 4.69) is 4.74 Å². The molecule has 0 N–H and O–H groups in total. The third kappa shape index (κ3) is 1.84. The highest BCUT2D eigenvalue weighted by Crippen LogP contribution is 2.25. The number of carbonyl (C=O) groups is 2. The second-order valence-corrected chi connectivity index (χ2v) is 3.86. The maximum atomic E-state index is 11.8. The van der Waals surface area contributed by atoms with Crippen molar-refractivity contribution < 1.29 is 19.1 Å². The summed E-state index contributed by atoms with van der Waals surface area (Å²) in [6.07, 6.45) is 1.61. The van der Waals surface area contributed by atoms with Gasteiger partial charge in [0.2, 0.25) is 0 Å². The number of Topliss-reactive ketones (excluding diaryl/α,β-unsaturated/α-hetero) is 1. The molecule has 0 atom stereocenters. The smallest absolute Gasteiger partial charge is 0.379 e. The van der Waals surface area contributed by atoms with E-state index in [0.29, 0.717) is 16.7 Å². The molecular weight excluding hydrogens is 234 g/mol. The average Bonchev–Trinajstić information content (AvgIpc) is 2.73. The van der Waals surface area contributed by atoms with E-state index in [0.717, 1.165) is 5.52 Å². The maximum Gasteiger partial charge on any atom is 0.379 e. The molecule has 5 heteroatoms. The lowest BCUT2D eigenvalue weighted by molar-refractivity contribution is -0.135. The number of ether oxygens (including phenoxy) is 2. The zero-order valence-corrected chi connectivity index (χ0v) is 10.4. The van der Waals surface area contributed by atoms with E-state index in [1.807, 2.05) is 6.07 Å². The van der Waals surface area contributed by atoms with Gasteiger partial charge < -0.3 is 14.0 Å². The van der Waals surface area contributed by atoms with Gasteiger partial charge in [-0.2, -0.15) is 0 Å². The summed E-state index contributed by atoms with van der Waals surface area (Å²) in [7, 11) is 4.56. The molecule has 94 valence electrons. The van der Waals surface area contributed by atoms with Crippen LogP contribution >= 0.6 is 0 Å². The fourth-order valence-corrected chi connectivity index (χ4v) is 1.87. The maximum absolute atomic E-state index is 11.8. The Labute approximate surface area is 104 Å². The fourth-order valence-electron chi connectivity index (χ4n) is 1.87. The van der Waals surface area contributed by atoms with Gasteiger partial charge in [0.1, 0.15) is 5.75 Å². The predicted molar refractivity (Wildman–Crippen MR) is 65.8 cm³/mol. The van der Waals surface area contributed by atoms with Gasteiger partial charge >= 0.3 is 5.97 Å². The van der Waals surface area contributed by atoms with Crippen molar-refractivity contribution in [2.24, 2.45) is 7.05 Å². The summed E-state index contributed by atoms with van der Waals surface area (Å²) in [5, 5.41) is 0.703. The normalized spacial score (nSPS) is 10.4. The summed E-state index contributed by atoms with van der Waals surface area (Å²) in [4.78, 5) is 23.1. The molecule has 2 aromatic rings. The van der Waals surface area contributed by atoms with E-state index in [9.17, 15) is 9.59 Å². The number of nitrogens with zero attached hydrogens (tertiary/aromatic N) is 1. The highest BCUT2D eigenvalue weighted by molar-refractivity contribution is 6.43. The number of esters is 1. The van der Waals surface area contributed by atoms with Gasteiger partial charge in [0, 0.05) is 24.7 Å². The molecule has 0 aliphatic heterocycles. The van der Waals surface area contributed by atoms with Crippen LogP contribution in [0.5, 0.6) is 5.75 Å². The van der Waals surface area contributed by atoms with Gasteiger partial charge in [-0.3, -0.25) is 4.79 Å². The number of ketones is 1. The van der Waals surface area contributed by atoms with Gasteiger partial charge in [0.15, 0.2) is 0 Å². The van der Waals surface area contributed by atoms with Crippen molar-refractivity contribution in [3.8, 4) is 5.75 Å². The molecule has 0 saturated carbocycles. The number of rotatable bonds is 3. The minimum Gasteiger partial charge on any atom is -0.497 e. The molecule has 2 rings (SSSR count). The van der Waals surface area contributed by atoms with E-state index in [1.54, 1.807) is 37.1 Å². The fraction of sp³-hybridized carbons (Fsp3) is 0.231. The van der Waals surface area contributed by atoms with Crippen LogP contribution in [0, 0.1) is 0 Å². The van der Waals surface area contributed by atoms with Gasteiger partial charge in [-0.15, -0.1) is 0 Å². The van der Waals surface area contributed by atoms with E-state index < -0.39 is 11.8 Å². The highest BCUT2D eigenvalue weighted by Gasteiger charge is 2.21. The van der Waals surface area contributed by atoms with E-state index in [-0.39, 0.29) is 0 Å². The first kappa shape index (κ1) is 12.2. The Morgan fingerprint density at radius 1 is 1.22 bits per heavy atom. The van der Waals surface area contributed by atoms with E-state index in [1.165, 1.54) is 7.11 Å². The van der Waals surface area contributed by atoms with Crippen LogP contribution < -0.4 is 4.74 Å². The van der Waals surface area contributed by atoms with E-state index in [4.69, 9.17) is 4.74 Å². The summed E-state index contributed by atoms with van der Waals surface area (Å²) in [5.74, 6) is -0.813. The summed E-state index contributed by atoms with van der Waals surface area (Å²) in [6, 6.07) is 5.31. The van der Waals surface area contributed by atoms with Gasteiger partial charge in [0.25, 0.3) is 5.78 Å². The molecule has 0 spiro atoms. The zero-order valence-electron chi connectivity index (χ0n) is 10.4. The summed E-state index contributed by atoms with van der Waals surface area (Å²) in [6.45, 7) is 0. The Balaban J connectivity index is 2.60. The summed E-state index contributed by atoms with van der Waals surface area (Å²) in [5.41, 5.74) is 1.16. The molecule has 5 nitrogen and oxygen atoms in total. The van der Waals surface area contributed by atoms with Crippen molar-refractivity contribution in [3.63, 3.8) is 0 Å². The van der Waals surface area contributed by atoms with Crippen LogP contribution in [0.2, 0.25) is 0 Å². The number of hydrogen-bond donors (Lipinski definition) is 0. The SMILES string of the molecule is COC(=O)C(=O)c1cn(C)c2cc(OC)ccc12. The molecule has 1 heterocycles. The molecule has 0 radical (unpaired) electrons. The Morgan fingerprint density at radius 2 is 1.94 bits per heavy atom. The first-order chi connectivity index (χ1) is 8.58. The summed E-state index contributed by atoms with van der Waals surface area (Å²) < 4.78 is 11.3. The number of fused-ring (bicyclic) bond motifs is 1. The Kier molecular flexibility index (Phi) is 3.06. The van der Waals surface area contributed by atoms with Crippen molar-refractivity contribution in [3.05, 3.63) is 30.0 Å². The minimum atomic E-state index is -0.863. The van der Waals surface area contributed by atoms with Crippen LogP contribution in [0.1, 0.15) is 10.4 Å². The van der Waals surface area contributed by atoms with Gasteiger partial charge in [-0.05, 0) is 12.1 Å². The van der Waals surface area contributed by atoms with Crippen molar-refractivity contribution in [1.82, 2.24) is 4.57 Å². The van der Waals surface area contributed by atoms with Crippen molar-refractivity contribution in [1.29, 1.82) is 0 Å². The molecule has 1 aromatic carbocycles. The molecule has 0 unspecified atom stereocenters. The van der Waals surface area contributed by atoms with Crippen molar-refractivity contribution >= 4 is 22.7 Å². The van der Waals surface area contributed by atoms with E-state index >= 15 is 0 Å². The molecule has 0 aliphatic carbocycles. The zero-order chi connectivity index (χ0) is 13.3. The number of methoxy groups -OCH3 is 2. The molecule has 18 heavy (non-hydrogen) atoms. The second kappa shape index (κ2) is 4.52. The average molecular weight is 247 g/mol. The lowest BCUT2D eigenvalue weighted by Crippen LogP contribution is -2.15. The lowest BCUT2D eigenvalue weighted by Gasteiger charge is -2.01. The van der Waals surface area contributed by atoms with Gasteiger partial charge in [-0.1, -0.05) is 0 Å². The molecule has 0 aliphatic rings.